The molecule has 204 valence electrons. The lowest BCUT2D eigenvalue weighted by molar-refractivity contribution is -0.147. The smallest absolute Gasteiger partial charge is 0.407 e. The van der Waals surface area contributed by atoms with E-state index in [1.165, 1.54) is 13.8 Å². The van der Waals surface area contributed by atoms with Gasteiger partial charge in [-0.1, -0.05) is 0 Å². The molecule has 0 radical (unpaired) electrons. The van der Waals surface area contributed by atoms with E-state index in [4.69, 9.17) is 19.3 Å². The second-order valence-electron chi connectivity index (χ2n) is 10.0. The first-order valence-corrected chi connectivity index (χ1v) is 12.1. The van der Waals surface area contributed by atoms with Crippen LogP contribution in [0.4, 0.5) is 4.79 Å². The Kier molecular flexibility index (Phi) is 10.5. The van der Waals surface area contributed by atoms with E-state index in [2.05, 4.69) is 21.3 Å². The van der Waals surface area contributed by atoms with Crippen molar-refractivity contribution in [3.63, 3.8) is 0 Å². The van der Waals surface area contributed by atoms with Crippen molar-refractivity contribution in [3.05, 3.63) is 0 Å². The van der Waals surface area contributed by atoms with Gasteiger partial charge in [0.2, 0.25) is 5.91 Å². The first-order chi connectivity index (χ1) is 16.8. The number of amides is 4. The highest BCUT2D eigenvalue weighted by Gasteiger charge is 2.38. The predicted octanol–water partition coefficient (Wildman–Crippen LogP) is -0.183. The minimum atomic E-state index is -1.19. The first-order valence-electron chi connectivity index (χ1n) is 12.1. The molecule has 13 heteroatoms. The molecule has 0 spiro atoms. The van der Waals surface area contributed by atoms with Gasteiger partial charge in [0.15, 0.2) is 12.2 Å². The molecular weight excluding hydrogens is 476 g/mol. The second kappa shape index (κ2) is 12.9. The van der Waals surface area contributed by atoms with E-state index in [1.54, 1.807) is 20.8 Å². The Hall–Kier alpha value is -2.93. The summed E-state index contributed by atoms with van der Waals surface area (Å²) in [5, 5.41) is 19.3. The average molecular weight is 515 g/mol. The zero-order valence-electron chi connectivity index (χ0n) is 21.4. The van der Waals surface area contributed by atoms with Crippen LogP contribution in [-0.4, -0.2) is 90.1 Å². The Morgan fingerprint density at radius 2 is 1.31 bits per heavy atom. The molecule has 0 aromatic rings. The van der Waals surface area contributed by atoms with Crippen LogP contribution in [-0.2, 0) is 33.4 Å². The zero-order chi connectivity index (χ0) is 27.0. The first kappa shape index (κ1) is 29.3. The van der Waals surface area contributed by atoms with E-state index in [0.717, 1.165) is 0 Å². The fraction of sp³-hybridized carbons (Fsp3) is 0.783. The van der Waals surface area contributed by atoms with Crippen molar-refractivity contribution in [3.8, 4) is 0 Å². The molecule has 36 heavy (non-hydrogen) atoms. The lowest BCUT2D eigenvalue weighted by atomic mass is 10.0. The zero-order valence-corrected chi connectivity index (χ0v) is 21.4. The van der Waals surface area contributed by atoms with Crippen molar-refractivity contribution < 1.29 is 43.3 Å². The summed E-state index contributed by atoms with van der Waals surface area (Å²) in [6, 6.07) is -3.41. The largest absolute Gasteiger partial charge is 0.480 e. The van der Waals surface area contributed by atoms with E-state index >= 15 is 0 Å². The van der Waals surface area contributed by atoms with Gasteiger partial charge in [-0.25, -0.2) is 4.79 Å². The third-order valence-electron chi connectivity index (χ3n) is 5.67. The number of hydrogen-bond acceptors (Lipinski definition) is 8. The van der Waals surface area contributed by atoms with Gasteiger partial charge in [0.1, 0.15) is 17.7 Å². The molecule has 0 unspecified atom stereocenters. The number of aliphatic carboxylic acids is 1. The Morgan fingerprint density at radius 1 is 0.833 bits per heavy atom. The number of hydrogen-bond donors (Lipinski definition) is 5. The highest BCUT2D eigenvalue weighted by atomic mass is 16.6. The fourth-order valence-electron chi connectivity index (χ4n) is 3.86. The van der Waals surface area contributed by atoms with Gasteiger partial charge in [-0.15, -0.1) is 0 Å². The van der Waals surface area contributed by atoms with Crippen LogP contribution in [0.5, 0.6) is 0 Å². The molecular formula is C23H38N4O9. The van der Waals surface area contributed by atoms with Gasteiger partial charge < -0.3 is 40.6 Å². The maximum Gasteiger partial charge on any atom is 0.407 e. The van der Waals surface area contributed by atoms with Crippen molar-refractivity contribution in [2.75, 3.05) is 13.2 Å². The molecule has 2 rings (SSSR count). The summed E-state index contributed by atoms with van der Waals surface area (Å²) < 4.78 is 16.3. The van der Waals surface area contributed by atoms with Crippen LogP contribution in [0.2, 0.25) is 0 Å². The summed E-state index contributed by atoms with van der Waals surface area (Å²) in [4.78, 5) is 61.4. The van der Waals surface area contributed by atoms with Gasteiger partial charge in [-0.3, -0.25) is 19.2 Å². The van der Waals surface area contributed by atoms with Crippen molar-refractivity contribution >= 4 is 29.8 Å². The molecule has 4 amide bonds. The maximum absolute atomic E-state index is 12.9. The van der Waals surface area contributed by atoms with E-state index in [0.29, 0.717) is 38.9 Å². The molecule has 0 aromatic heterocycles. The van der Waals surface area contributed by atoms with E-state index in [1.807, 2.05) is 0 Å². The molecule has 13 nitrogen and oxygen atoms in total. The molecule has 0 saturated carbocycles. The third-order valence-corrected chi connectivity index (χ3v) is 5.67. The summed E-state index contributed by atoms with van der Waals surface area (Å²) in [5.41, 5.74) is -0.701. The highest BCUT2D eigenvalue weighted by molar-refractivity contribution is 5.91. The van der Waals surface area contributed by atoms with Gasteiger partial charge >= 0.3 is 12.1 Å². The number of carbonyl (C=O) groups excluding carboxylic acids is 4. The van der Waals surface area contributed by atoms with Gasteiger partial charge in [0.05, 0.1) is 12.1 Å². The normalized spacial score (nSPS) is 26.0. The lowest BCUT2D eigenvalue weighted by Gasteiger charge is -2.34. The fourth-order valence-corrected chi connectivity index (χ4v) is 3.86. The molecule has 2 aliphatic rings. The van der Waals surface area contributed by atoms with Gasteiger partial charge in [0.25, 0.3) is 11.8 Å². The molecule has 2 saturated heterocycles. The topological polar surface area (TPSA) is 181 Å². The number of rotatable bonds is 8. The van der Waals surface area contributed by atoms with Crippen LogP contribution in [0.3, 0.4) is 0 Å². The molecule has 2 fully saturated rings. The summed E-state index contributed by atoms with van der Waals surface area (Å²) >= 11 is 0. The minimum Gasteiger partial charge on any atom is -0.480 e. The van der Waals surface area contributed by atoms with Crippen molar-refractivity contribution in [1.29, 1.82) is 0 Å². The van der Waals surface area contributed by atoms with Gasteiger partial charge in [-0.2, -0.15) is 0 Å². The quantitative estimate of drug-likeness (QED) is 0.293. The number of alkyl carbamates (subject to hydrolysis) is 1. The van der Waals surface area contributed by atoms with Gasteiger partial charge in [0, 0.05) is 13.2 Å². The number of ether oxygens (including phenoxy) is 3. The van der Waals surface area contributed by atoms with Crippen LogP contribution in [0.15, 0.2) is 0 Å². The molecule has 5 N–H and O–H groups in total. The Morgan fingerprint density at radius 3 is 1.78 bits per heavy atom. The minimum absolute atomic E-state index is 0.295. The third kappa shape index (κ3) is 8.94. The number of nitrogens with one attached hydrogen (secondary N) is 4. The predicted molar refractivity (Wildman–Crippen MR) is 126 cm³/mol. The van der Waals surface area contributed by atoms with Crippen molar-refractivity contribution in [2.45, 2.75) is 102 Å². The van der Waals surface area contributed by atoms with Gasteiger partial charge in [-0.05, 0) is 60.3 Å². The van der Waals surface area contributed by atoms with Crippen LogP contribution in [0, 0.1) is 0 Å². The van der Waals surface area contributed by atoms with Crippen molar-refractivity contribution in [2.24, 2.45) is 0 Å². The monoisotopic (exact) mass is 514 g/mol. The van der Waals surface area contributed by atoms with Crippen LogP contribution >= 0.6 is 0 Å². The Balaban J connectivity index is 1.95. The van der Waals surface area contributed by atoms with Crippen molar-refractivity contribution in [1.82, 2.24) is 21.3 Å². The Bertz CT molecular complexity index is 829. The highest BCUT2D eigenvalue weighted by Crippen LogP contribution is 2.17. The summed E-state index contributed by atoms with van der Waals surface area (Å²) in [6.07, 6.45) is -0.542. The lowest BCUT2D eigenvalue weighted by Crippen LogP contribution is -2.60. The maximum atomic E-state index is 12.9. The summed E-state index contributed by atoms with van der Waals surface area (Å²) in [5.74, 6) is -2.95. The molecule has 0 bridgehead atoms. The standard InChI is InChI=1S/C23H38N4O9/c1-12(18(28)26-14-8-6-10-34-16(14)20(30)25-13(2)21(31)32)24-19(29)17-15(9-7-11-35-17)27-22(33)36-23(3,4)5/h12-17H,6-11H2,1-5H3,(H,24,29)(H,25,30)(H,26,28)(H,27,33)(H,31,32)/t12-,13-,14+,15+,16+,17+/m1/s1. The molecule has 0 aliphatic carbocycles. The number of carboxylic acids is 1. The van der Waals surface area contributed by atoms with E-state index in [9.17, 15) is 24.0 Å². The number of carbonyl (C=O) groups is 5. The molecule has 6 atom stereocenters. The molecule has 2 heterocycles. The van der Waals surface area contributed by atoms with Crippen LogP contribution < -0.4 is 21.3 Å². The number of carboxylic acid groups (broad SMARTS) is 1. The van der Waals surface area contributed by atoms with Crippen LogP contribution in [0.1, 0.15) is 60.3 Å². The van der Waals surface area contributed by atoms with E-state index in [-0.39, 0.29) is 0 Å². The summed E-state index contributed by atoms with van der Waals surface area (Å²) in [7, 11) is 0. The second-order valence-corrected chi connectivity index (χ2v) is 10.0. The molecule has 0 aromatic carbocycles. The summed E-state index contributed by atoms with van der Waals surface area (Å²) in [6.45, 7) is 8.62. The van der Waals surface area contributed by atoms with Crippen LogP contribution in [0.25, 0.3) is 0 Å². The SMILES string of the molecule is C[C@@H](NC(=O)[C@H]1OCCC[C@@H]1NC(=O)[C@@H](C)NC(=O)[C@H]1OCCC[C@@H]1NC(=O)OC(C)(C)C)C(=O)O. The Labute approximate surface area is 210 Å². The molecule has 2 aliphatic heterocycles. The average Bonchev–Trinajstić information content (AvgIpc) is 2.78. The van der Waals surface area contributed by atoms with E-state index < -0.39 is 71.8 Å².